The number of ether oxygens (including phenoxy) is 2. The number of aromatic nitrogens is 1. The number of hydrogen-bond acceptors (Lipinski definition) is 5. The second kappa shape index (κ2) is 5.34. The minimum absolute atomic E-state index is 0.207. The normalized spacial score (nSPS) is 18.4. The topological polar surface area (TPSA) is 60.5 Å². The van der Waals surface area contributed by atoms with Crippen molar-refractivity contribution in [3.05, 3.63) is 17.9 Å². The SMILES string of the molecule is COc1cc(F)cc2sc(NC(=O)[C@H]3CCCO3)nc12. The van der Waals surface area contributed by atoms with Gasteiger partial charge in [-0.1, -0.05) is 11.3 Å². The van der Waals surface area contributed by atoms with Crippen LogP contribution in [0.2, 0.25) is 0 Å². The first-order chi connectivity index (χ1) is 9.67. The maximum Gasteiger partial charge on any atom is 0.255 e. The first kappa shape index (κ1) is 13.3. The molecule has 1 aromatic heterocycles. The van der Waals surface area contributed by atoms with E-state index < -0.39 is 11.9 Å². The number of thiazole rings is 1. The molecule has 1 amide bonds. The molecule has 106 valence electrons. The number of fused-ring (bicyclic) bond motifs is 1. The smallest absolute Gasteiger partial charge is 0.255 e. The van der Waals surface area contributed by atoms with Crippen LogP contribution in [0.3, 0.4) is 0 Å². The van der Waals surface area contributed by atoms with Crippen molar-refractivity contribution in [1.82, 2.24) is 4.98 Å². The number of hydrogen-bond donors (Lipinski definition) is 1. The highest BCUT2D eigenvalue weighted by molar-refractivity contribution is 7.22. The molecule has 1 aliphatic heterocycles. The Morgan fingerprint density at radius 2 is 2.45 bits per heavy atom. The molecule has 0 radical (unpaired) electrons. The monoisotopic (exact) mass is 296 g/mol. The number of carbonyl (C=O) groups is 1. The van der Waals surface area contributed by atoms with Crippen LogP contribution < -0.4 is 10.1 Å². The highest BCUT2D eigenvalue weighted by atomic mass is 32.1. The summed E-state index contributed by atoms with van der Waals surface area (Å²) >= 11 is 1.21. The highest BCUT2D eigenvalue weighted by Crippen LogP contribution is 2.33. The van der Waals surface area contributed by atoms with Gasteiger partial charge in [-0.2, -0.15) is 0 Å². The number of amides is 1. The number of carbonyl (C=O) groups excluding carboxylic acids is 1. The van der Waals surface area contributed by atoms with Crippen molar-refractivity contribution >= 4 is 32.6 Å². The summed E-state index contributed by atoms with van der Waals surface area (Å²) in [5.41, 5.74) is 0.543. The van der Waals surface area contributed by atoms with Crippen LogP contribution in [0.1, 0.15) is 12.8 Å². The third-order valence-corrected chi connectivity index (χ3v) is 4.01. The van der Waals surface area contributed by atoms with Crippen LogP contribution in [0.25, 0.3) is 10.2 Å². The van der Waals surface area contributed by atoms with E-state index in [-0.39, 0.29) is 5.91 Å². The number of nitrogens with one attached hydrogen (secondary N) is 1. The quantitative estimate of drug-likeness (QED) is 0.945. The minimum Gasteiger partial charge on any atom is -0.494 e. The number of nitrogens with zero attached hydrogens (tertiary/aromatic N) is 1. The Morgan fingerprint density at radius 1 is 1.60 bits per heavy atom. The van der Waals surface area contributed by atoms with Crippen molar-refractivity contribution in [1.29, 1.82) is 0 Å². The fourth-order valence-corrected chi connectivity index (χ4v) is 3.06. The largest absolute Gasteiger partial charge is 0.494 e. The minimum atomic E-state index is -0.416. The average molecular weight is 296 g/mol. The lowest BCUT2D eigenvalue weighted by atomic mass is 10.2. The summed E-state index contributed by atoms with van der Waals surface area (Å²) in [6.07, 6.45) is 1.19. The highest BCUT2D eigenvalue weighted by Gasteiger charge is 2.24. The van der Waals surface area contributed by atoms with E-state index in [2.05, 4.69) is 10.3 Å². The van der Waals surface area contributed by atoms with Gasteiger partial charge in [0, 0.05) is 12.7 Å². The number of methoxy groups -OCH3 is 1. The zero-order chi connectivity index (χ0) is 14.1. The van der Waals surface area contributed by atoms with Crippen LogP contribution in [-0.4, -0.2) is 30.7 Å². The predicted molar refractivity (Wildman–Crippen MR) is 73.7 cm³/mol. The molecular formula is C13H13FN2O3S. The summed E-state index contributed by atoms with van der Waals surface area (Å²) in [6.45, 7) is 0.608. The third kappa shape index (κ3) is 2.46. The van der Waals surface area contributed by atoms with Crippen LogP contribution in [0.4, 0.5) is 9.52 Å². The van der Waals surface area contributed by atoms with E-state index in [0.29, 0.717) is 34.1 Å². The Kier molecular flexibility index (Phi) is 3.54. The molecule has 20 heavy (non-hydrogen) atoms. The average Bonchev–Trinajstić information content (AvgIpc) is 3.05. The molecule has 1 atom stereocenters. The molecule has 0 bridgehead atoms. The molecule has 2 aromatic rings. The van der Waals surface area contributed by atoms with Crippen molar-refractivity contribution < 1.29 is 18.7 Å². The third-order valence-electron chi connectivity index (χ3n) is 3.10. The second-order valence-corrected chi connectivity index (χ2v) is 5.50. The van der Waals surface area contributed by atoms with Gasteiger partial charge in [-0.25, -0.2) is 9.37 Å². The van der Waals surface area contributed by atoms with Gasteiger partial charge < -0.3 is 9.47 Å². The molecule has 0 saturated carbocycles. The molecule has 1 saturated heterocycles. The van der Waals surface area contributed by atoms with Crippen LogP contribution in [0.5, 0.6) is 5.75 Å². The zero-order valence-corrected chi connectivity index (χ0v) is 11.6. The van der Waals surface area contributed by atoms with Gasteiger partial charge in [0.05, 0.1) is 11.8 Å². The molecule has 1 aromatic carbocycles. The number of anilines is 1. The molecule has 0 unspecified atom stereocenters. The van der Waals surface area contributed by atoms with E-state index in [9.17, 15) is 9.18 Å². The predicted octanol–water partition coefficient (Wildman–Crippen LogP) is 2.56. The first-order valence-electron chi connectivity index (χ1n) is 6.24. The Labute approximate surface area is 118 Å². The molecule has 0 spiro atoms. The van der Waals surface area contributed by atoms with Gasteiger partial charge >= 0.3 is 0 Å². The molecule has 2 heterocycles. The van der Waals surface area contributed by atoms with Crippen molar-refractivity contribution in [3.63, 3.8) is 0 Å². The van der Waals surface area contributed by atoms with Crippen molar-refractivity contribution in [3.8, 4) is 5.75 Å². The number of rotatable bonds is 3. The summed E-state index contributed by atoms with van der Waals surface area (Å²) < 4.78 is 24.4. The van der Waals surface area contributed by atoms with Gasteiger partial charge in [-0.05, 0) is 18.9 Å². The molecule has 5 nitrogen and oxygen atoms in total. The summed E-state index contributed by atoms with van der Waals surface area (Å²) in [5.74, 6) is -0.245. The second-order valence-electron chi connectivity index (χ2n) is 4.46. The molecule has 1 fully saturated rings. The van der Waals surface area contributed by atoms with E-state index in [1.54, 1.807) is 0 Å². The molecule has 0 aliphatic carbocycles. The van der Waals surface area contributed by atoms with Gasteiger partial charge in [-0.15, -0.1) is 0 Å². The summed E-state index contributed by atoms with van der Waals surface area (Å²) in [6, 6.07) is 2.64. The van der Waals surface area contributed by atoms with Crippen LogP contribution >= 0.6 is 11.3 Å². The van der Waals surface area contributed by atoms with Gasteiger partial charge in [0.1, 0.15) is 23.2 Å². The molecular weight excluding hydrogens is 283 g/mol. The lowest BCUT2D eigenvalue weighted by Crippen LogP contribution is -2.26. The number of halogens is 1. The standard InChI is InChI=1S/C13H13FN2O3S/c1-18-9-5-7(14)6-10-11(9)15-13(20-10)16-12(17)8-3-2-4-19-8/h5-6,8H,2-4H2,1H3,(H,15,16,17)/t8-/m1/s1. The van der Waals surface area contributed by atoms with Crippen LogP contribution in [0.15, 0.2) is 12.1 Å². The molecule has 1 N–H and O–H groups in total. The van der Waals surface area contributed by atoms with Crippen LogP contribution in [0, 0.1) is 5.82 Å². The maximum atomic E-state index is 13.4. The first-order valence-corrected chi connectivity index (χ1v) is 7.05. The zero-order valence-electron chi connectivity index (χ0n) is 10.8. The van der Waals surface area contributed by atoms with Crippen molar-refractivity contribution in [2.75, 3.05) is 19.0 Å². The van der Waals surface area contributed by atoms with E-state index in [0.717, 1.165) is 6.42 Å². The Balaban J connectivity index is 1.87. The van der Waals surface area contributed by atoms with Gasteiger partial charge in [0.2, 0.25) is 0 Å². The Hall–Kier alpha value is -1.73. The Bertz CT molecular complexity index is 652. The molecule has 1 aliphatic rings. The van der Waals surface area contributed by atoms with E-state index in [4.69, 9.17) is 9.47 Å². The summed E-state index contributed by atoms with van der Waals surface area (Å²) in [5, 5.41) is 3.13. The lowest BCUT2D eigenvalue weighted by molar-refractivity contribution is -0.124. The Morgan fingerprint density at radius 3 is 3.15 bits per heavy atom. The van der Waals surface area contributed by atoms with Crippen molar-refractivity contribution in [2.45, 2.75) is 18.9 Å². The summed E-state index contributed by atoms with van der Waals surface area (Å²) in [7, 11) is 1.46. The molecule has 7 heteroatoms. The fraction of sp³-hybridized carbons (Fsp3) is 0.385. The summed E-state index contributed by atoms with van der Waals surface area (Å²) in [4.78, 5) is 16.2. The maximum absolute atomic E-state index is 13.4. The van der Waals surface area contributed by atoms with E-state index in [1.165, 1.54) is 30.6 Å². The fourth-order valence-electron chi connectivity index (χ4n) is 2.15. The molecule has 3 rings (SSSR count). The van der Waals surface area contributed by atoms with E-state index >= 15 is 0 Å². The van der Waals surface area contributed by atoms with Gasteiger partial charge in [0.25, 0.3) is 5.91 Å². The van der Waals surface area contributed by atoms with E-state index in [1.807, 2.05) is 0 Å². The van der Waals surface area contributed by atoms with Gasteiger partial charge in [-0.3, -0.25) is 10.1 Å². The van der Waals surface area contributed by atoms with Gasteiger partial charge in [0.15, 0.2) is 5.13 Å². The lowest BCUT2D eigenvalue weighted by Gasteiger charge is -2.07. The van der Waals surface area contributed by atoms with Crippen LogP contribution in [-0.2, 0) is 9.53 Å². The van der Waals surface area contributed by atoms with Crippen molar-refractivity contribution in [2.24, 2.45) is 0 Å². The number of benzene rings is 1.